The molecule has 0 saturated carbocycles. The molecule has 2 rings (SSSR count). The molecular weight excluding hydrogens is 248 g/mol. The zero-order valence-electron chi connectivity index (χ0n) is 10.8. The molecule has 3 nitrogen and oxygen atoms in total. The maximum atomic E-state index is 12.4. The Hall–Kier alpha value is -1.22. The van der Waals surface area contributed by atoms with Crippen LogP contribution < -0.4 is 5.73 Å². The first-order valence-corrected chi connectivity index (χ1v) is 6.69. The number of nitrogens with two attached hydrogens (primary N) is 1. The molecule has 0 spiro atoms. The number of amides is 1. The van der Waals surface area contributed by atoms with Crippen molar-refractivity contribution < 1.29 is 4.79 Å². The summed E-state index contributed by atoms with van der Waals surface area (Å²) in [4.78, 5) is 14.3. The zero-order chi connectivity index (χ0) is 13.3. The summed E-state index contributed by atoms with van der Waals surface area (Å²) < 4.78 is 0. The van der Waals surface area contributed by atoms with Gasteiger partial charge >= 0.3 is 0 Å². The van der Waals surface area contributed by atoms with Crippen LogP contribution in [0.15, 0.2) is 18.2 Å². The SMILES string of the molecule is C[C@@H]1C[C@H](C)CN(C(=O)c2ccc(N)cc2Cl)C1. The molecule has 0 bridgehead atoms. The molecule has 1 fully saturated rings. The van der Waals surface area contributed by atoms with Gasteiger partial charge in [-0.2, -0.15) is 0 Å². The van der Waals surface area contributed by atoms with E-state index >= 15 is 0 Å². The number of nitrogens with zero attached hydrogens (tertiary/aromatic N) is 1. The lowest BCUT2D eigenvalue weighted by atomic mass is 9.91. The molecule has 1 aromatic carbocycles. The van der Waals surface area contributed by atoms with Crippen LogP contribution in [0.3, 0.4) is 0 Å². The number of likely N-dealkylation sites (tertiary alicyclic amines) is 1. The van der Waals surface area contributed by atoms with Gasteiger partial charge in [-0.3, -0.25) is 4.79 Å². The van der Waals surface area contributed by atoms with Crippen molar-refractivity contribution >= 4 is 23.2 Å². The Bertz CT molecular complexity index is 451. The number of anilines is 1. The van der Waals surface area contributed by atoms with Gasteiger partial charge in [0.1, 0.15) is 0 Å². The summed E-state index contributed by atoms with van der Waals surface area (Å²) >= 11 is 6.09. The molecule has 4 heteroatoms. The van der Waals surface area contributed by atoms with Gasteiger partial charge in [0.15, 0.2) is 0 Å². The van der Waals surface area contributed by atoms with Crippen LogP contribution in [0.5, 0.6) is 0 Å². The van der Waals surface area contributed by atoms with Crippen molar-refractivity contribution in [3.8, 4) is 0 Å². The minimum absolute atomic E-state index is 0.0124. The van der Waals surface area contributed by atoms with E-state index in [-0.39, 0.29) is 5.91 Å². The Morgan fingerprint density at radius 1 is 1.33 bits per heavy atom. The van der Waals surface area contributed by atoms with Crippen molar-refractivity contribution in [3.05, 3.63) is 28.8 Å². The third-order valence-electron chi connectivity index (χ3n) is 3.38. The molecule has 1 saturated heterocycles. The molecule has 98 valence electrons. The van der Waals surface area contributed by atoms with E-state index in [0.29, 0.717) is 28.1 Å². The lowest BCUT2D eigenvalue weighted by Gasteiger charge is -2.35. The Morgan fingerprint density at radius 3 is 2.50 bits per heavy atom. The number of rotatable bonds is 1. The van der Waals surface area contributed by atoms with E-state index in [1.165, 1.54) is 6.42 Å². The second-order valence-electron chi connectivity index (χ2n) is 5.40. The first-order valence-electron chi connectivity index (χ1n) is 6.31. The molecular formula is C14H19ClN2O. The van der Waals surface area contributed by atoms with E-state index in [9.17, 15) is 4.79 Å². The predicted molar refractivity (Wildman–Crippen MR) is 74.7 cm³/mol. The van der Waals surface area contributed by atoms with Gasteiger partial charge in [-0.15, -0.1) is 0 Å². The highest BCUT2D eigenvalue weighted by atomic mass is 35.5. The van der Waals surface area contributed by atoms with E-state index in [1.807, 2.05) is 4.90 Å². The van der Waals surface area contributed by atoms with Crippen molar-refractivity contribution in [3.63, 3.8) is 0 Å². The quantitative estimate of drug-likeness (QED) is 0.794. The Kier molecular flexibility index (Phi) is 3.81. The number of carbonyl (C=O) groups is 1. The summed E-state index contributed by atoms with van der Waals surface area (Å²) in [5.41, 5.74) is 6.77. The lowest BCUT2D eigenvalue weighted by molar-refractivity contribution is 0.0623. The molecule has 18 heavy (non-hydrogen) atoms. The van der Waals surface area contributed by atoms with Crippen LogP contribution in [0.2, 0.25) is 5.02 Å². The number of halogens is 1. The Morgan fingerprint density at radius 2 is 1.94 bits per heavy atom. The van der Waals surface area contributed by atoms with E-state index in [2.05, 4.69) is 13.8 Å². The van der Waals surface area contributed by atoms with Crippen LogP contribution in [0, 0.1) is 11.8 Å². The van der Waals surface area contributed by atoms with Gasteiger partial charge in [0, 0.05) is 18.8 Å². The van der Waals surface area contributed by atoms with Gasteiger partial charge in [0.2, 0.25) is 0 Å². The summed E-state index contributed by atoms with van der Waals surface area (Å²) in [6, 6.07) is 5.06. The highest BCUT2D eigenvalue weighted by Crippen LogP contribution is 2.25. The normalized spacial score (nSPS) is 24.1. The minimum Gasteiger partial charge on any atom is -0.399 e. The molecule has 2 N–H and O–H groups in total. The molecule has 0 radical (unpaired) electrons. The molecule has 1 amide bonds. The average Bonchev–Trinajstić information content (AvgIpc) is 2.26. The smallest absolute Gasteiger partial charge is 0.255 e. The van der Waals surface area contributed by atoms with Crippen molar-refractivity contribution in [2.45, 2.75) is 20.3 Å². The number of piperidine rings is 1. The van der Waals surface area contributed by atoms with E-state index in [4.69, 9.17) is 17.3 Å². The summed E-state index contributed by atoms with van der Waals surface area (Å²) in [6.45, 7) is 5.98. The van der Waals surface area contributed by atoms with Gasteiger partial charge in [0.05, 0.1) is 10.6 Å². The van der Waals surface area contributed by atoms with Gasteiger partial charge in [-0.05, 0) is 36.5 Å². The van der Waals surface area contributed by atoms with Crippen LogP contribution in [-0.4, -0.2) is 23.9 Å². The van der Waals surface area contributed by atoms with Crippen molar-refractivity contribution in [2.75, 3.05) is 18.8 Å². The standard InChI is InChI=1S/C14H19ClN2O/c1-9-5-10(2)8-17(7-9)14(18)12-4-3-11(16)6-13(12)15/h3-4,6,9-10H,5,7-8,16H2,1-2H3/t9-,10+. The minimum atomic E-state index is 0.0124. The second-order valence-corrected chi connectivity index (χ2v) is 5.80. The second kappa shape index (κ2) is 5.19. The van der Waals surface area contributed by atoms with Crippen molar-refractivity contribution in [2.24, 2.45) is 11.8 Å². The Labute approximate surface area is 113 Å². The Balaban J connectivity index is 2.20. The van der Waals surface area contributed by atoms with E-state index in [0.717, 1.165) is 13.1 Å². The first-order chi connectivity index (χ1) is 8.47. The van der Waals surface area contributed by atoms with Crippen LogP contribution >= 0.6 is 11.6 Å². The van der Waals surface area contributed by atoms with Gasteiger partial charge in [-0.1, -0.05) is 25.4 Å². The number of hydrogen-bond donors (Lipinski definition) is 1. The van der Waals surface area contributed by atoms with Crippen molar-refractivity contribution in [1.29, 1.82) is 0 Å². The summed E-state index contributed by atoms with van der Waals surface area (Å²) in [6.07, 6.45) is 1.18. The molecule has 0 aromatic heterocycles. The monoisotopic (exact) mass is 266 g/mol. The largest absolute Gasteiger partial charge is 0.399 e. The fourth-order valence-electron chi connectivity index (χ4n) is 2.70. The molecule has 0 unspecified atom stereocenters. The maximum Gasteiger partial charge on any atom is 0.255 e. The third kappa shape index (κ3) is 2.78. The highest BCUT2D eigenvalue weighted by molar-refractivity contribution is 6.34. The van der Waals surface area contributed by atoms with E-state index < -0.39 is 0 Å². The molecule has 1 aromatic rings. The van der Waals surface area contributed by atoms with Crippen LogP contribution in [0.4, 0.5) is 5.69 Å². The lowest BCUT2D eigenvalue weighted by Crippen LogP contribution is -2.42. The maximum absolute atomic E-state index is 12.4. The van der Waals surface area contributed by atoms with Crippen molar-refractivity contribution in [1.82, 2.24) is 4.90 Å². The van der Waals surface area contributed by atoms with Gasteiger partial charge in [0.25, 0.3) is 5.91 Å². The topological polar surface area (TPSA) is 46.3 Å². The average molecular weight is 267 g/mol. The summed E-state index contributed by atoms with van der Waals surface area (Å²) in [7, 11) is 0. The predicted octanol–water partition coefficient (Wildman–Crippen LogP) is 3.04. The van der Waals surface area contributed by atoms with Crippen LogP contribution in [0.1, 0.15) is 30.6 Å². The van der Waals surface area contributed by atoms with Gasteiger partial charge in [-0.25, -0.2) is 0 Å². The fraction of sp³-hybridized carbons (Fsp3) is 0.500. The molecule has 1 aliphatic heterocycles. The molecule has 0 aliphatic carbocycles. The number of benzene rings is 1. The first kappa shape index (κ1) is 13.2. The zero-order valence-corrected chi connectivity index (χ0v) is 11.6. The number of carbonyl (C=O) groups excluding carboxylic acids is 1. The van der Waals surface area contributed by atoms with Gasteiger partial charge < -0.3 is 10.6 Å². The summed E-state index contributed by atoms with van der Waals surface area (Å²) in [5.74, 6) is 1.11. The highest BCUT2D eigenvalue weighted by Gasteiger charge is 2.27. The number of nitrogen functional groups attached to an aromatic ring is 1. The fourth-order valence-corrected chi connectivity index (χ4v) is 2.97. The van der Waals surface area contributed by atoms with E-state index in [1.54, 1.807) is 18.2 Å². The molecule has 2 atom stereocenters. The number of hydrogen-bond acceptors (Lipinski definition) is 2. The molecule has 1 heterocycles. The molecule has 1 aliphatic rings. The van der Waals surface area contributed by atoms with Crippen LogP contribution in [0.25, 0.3) is 0 Å². The summed E-state index contributed by atoms with van der Waals surface area (Å²) in [5, 5.41) is 0.436. The van der Waals surface area contributed by atoms with Crippen LogP contribution in [-0.2, 0) is 0 Å². The third-order valence-corrected chi connectivity index (χ3v) is 3.69.